The molecule has 3 aromatic rings. The highest BCUT2D eigenvalue weighted by Crippen LogP contribution is 2.26. The number of anilines is 3. The normalized spacial score (nSPS) is 12.1. The Morgan fingerprint density at radius 1 is 1.04 bits per heavy atom. The fraction of sp³-hybridized carbons (Fsp3) is 0.273. The third kappa shape index (κ3) is 5.09. The number of halogens is 1. The molecule has 2 aromatic carbocycles. The number of rotatable bonds is 7. The minimum atomic E-state index is -0.117. The van der Waals surface area contributed by atoms with Crippen molar-refractivity contribution in [2.45, 2.75) is 26.8 Å². The van der Waals surface area contributed by atoms with Crippen LogP contribution in [0.25, 0.3) is 11.3 Å². The van der Waals surface area contributed by atoms with Crippen LogP contribution in [0.3, 0.4) is 0 Å². The Labute approximate surface area is 174 Å². The molecule has 0 radical (unpaired) electrons. The summed E-state index contributed by atoms with van der Waals surface area (Å²) in [4.78, 5) is 9.29. The smallest absolute Gasteiger partial charge is 0.225 e. The highest BCUT2D eigenvalue weighted by atomic mass is 79.9. The van der Waals surface area contributed by atoms with Crippen LogP contribution in [0, 0.1) is 12.8 Å². The quantitative estimate of drug-likeness (QED) is 0.459. The van der Waals surface area contributed by atoms with E-state index in [1.165, 1.54) is 0 Å². The van der Waals surface area contributed by atoms with Crippen LogP contribution < -0.4 is 10.6 Å². The van der Waals surface area contributed by atoms with Gasteiger partial charge in [0.1, 0.15) is 5.82 Å². The lowest BCUT2D eigenvalue weighted by Gasteiger charge is -2.20. The number of benzene rings is 2. The summed E-state index contributed by atoms with van der Waals surface area (Å²) >= 11 is 3.53. The minimum Gasteiger partial charge on any atom is -0.394 e. The number of aliphatic hydroxyl groups is 1. The first-order valence-corrected chi connectivity index (χ1v) is 10.1. The summed E-state index contributed by atoms with van der Waals surface area (Å²) in [5, 5.41) is 16.3. The molecule has 3 N–H and O–H groups in total. The molecule has 28 heavy (non-hydrogen) atoms. The maximum atomic E-state index is 9.67. The summed E-state index contributed by atoms with van der Waals surface area (Å²) in [6.45, 7) is 6.18. The summed E-state index contributed by atoms with van der Waals surface area (Å²) in [5.74, 6) is 1.43. The van der Waals surface area contributed by atoms with Gasteiger partial charge < -0.3 is 15.7 Å². The van der Waals surface area contributed by atoms with Gasteiger partial charge >= 0.3 is 0 Å². The Kier molecular flexibility index (Phi) is 6.65. The van der Waals surface area contributed by atoms with Gasteiger partial charge in [0.15, 0.2) is 0 Å². The predicted molar refractivity (Wildman–Crippen MR) is 119 cm³/mol. The van der Waals surface area contributed by atoms with Crippen molar-refractivity contribution in [3.05, 3.63) is 64.6 Å². The van der Waals surface area contributed by atoms with E-state index in [-0.39, 0.29) is 18.6 Å². The maximum Gasteiger partial charge on any atom is 0.225 e. The van der Waals surface area contributed by atoms with Gasteiger partial charge in [0.05, 0.1) is 18.3 Å². The van der Waals surface area contributed by atoms with Gasteiger partial charge in [0.2, 0.25) is 5.95 Å². The van der Waals surface area contributed by atoms with Crippen LogP contribution in [0.2, 0.25) is 0 Å². The van der Waals surface area contributed by atoms with Gasteiger partial charge in [-0.05, 0) is 36.6 Å². The lowest BCUT2D eigenvalue weighted by molar-refractivity contribution is 0.248. The molecule has 1 aromatic heterocycles. The zero-order valence-electron chi connectivity index (χ0n) is 16.3. The molecule has 0 saturated carbocycles. The fourth-order valence-electron chi connectivity index (χ4n) is 2.79. The number of hydrogen-bond acceptors (Lipinski definition) is 5. The van der Waals surface area contributed by atoms with E-state index in [1.54, 1.807) is 0 Å². The summed E-state index contributed by atoms with van der Waals surface area (Å²) in [6, 6.07) is 17.9. The zero-order chi connectivity index (χ0) is 20.1. The van der Waals surface area contributed by atoms with Crippen molar-refractivity contribution in [3.8, 4) is 11.3 Å². The van der Waals surface area contributed by atoms with Gasteiger partial charge in [0.25, 0.3) is 0 Å². The molecule has 0 fully saturated rings. The predicted octanol–water partition coefficient (Wildman–Crippen LogP) is 5.39. The van der Waals surface area contributed by atoms with E-state index < -0.39 is 0 Å². The molecule has 3 rings (SSSR count). The lowest BCUT2D eigenvalue weighted by atomic mass is 10.1. The third-order valence-corrected chi connectivity index (χ3v) is 5.43. The average Bonchev–Trinajstić information content (AvgIpc) is 2.69. The first-order valence-electron chi connectivity index (χ1n) is 9.31. The van der Waals surface area contributed by atoms with Gasteiger partial charge in [-0.1, -0.05) is 60.1 Å². The summed E-state index contributed by atoms with van der Waals surface area (Å²) in [6.07, 6.45) is 0. The topological polar surface area (TPSA) is 70.1 Å². The van der Waals surface area contributed by atoms with E-state index in [4.69, 9.17) is 0 Å². The van der Waals surface area contributed by atoms with E-state index >= 15 is 0 Å². The molecule has 0 bridgehead atoms. The average molecular weight is 441 g/mol. The highest BCUT2D eigenvalue weighted by Gasteiger charge is 2.15. The Hall–Kier alpha value is -2.44. The molecule has 0 amide bonds. The summed E-state index contributed by atoms with van der Waals surface area (Å²) < 4.78 is 1.07. The number of nitrogens with one attached hydrogen (secondary N) is 2. The second kappa shape index (κ2) is 9.17. The van der Waals surface area contributed by atoms with E-state index in [0.717, 1.165) is 27.0 Å². The standard InChI is InChI=1S/C22H25BrN4O/c1-14(2)20(13-28)26-22-25-19(16-7-5-4-6-8-16)12-21(27-22)24-17-9-10-18(23)15(3)11-17/h4-12,14,20,28H,13H2,1-3H3,(H2,24,25,26,27)/t20-/m1/s1. The monoisotopic (exact) mass is 440 g/mol. The first kappa shape index (κ1) is 20.3. The van der Waals surface area contributed by atoms with E-state index in [2.05, 4.69) is 56.4 Å². The number of aryl methyl sites for hydroxylation is 1. The van der Waals surface area contributed by atoms with Crippen LogP contribution in [0.5, 0.6) is 0 Å². The van der Waals surface area contributed by atoms with Crippen molar-refractivity contribution >= 4 is 33.4 Å². The molecule has 1 atom stereocenters. The zero-order valence-corrected chi connectivity index (χ0v) is 17.9. The maximum absolute atomic E-state index is 9.67. The van der Waals surface area contributed by atoms with Gasteiger partial charge in [-0.25, -0.2) is 4.98 Å². The van der Waals surface area contributed by atoms with Gasteiger partial charge in [-0.15, -0.1) is 0 Å². The van der Waals surface area contributed by atoms with Crippen molar-refractivity contribution in [2.75, 3.05) is 17.2 Å². The van der Waals surface area contributed by atoms with E-state index in [9.17, 15) is 5.11 Å². The molecule has 5 nitrogen and oxygen atoms in total. The van der Waals surface area contributed by atoms with Crippen LogP contribution in [-0.2, 0) is 0 Å². The molecule has 0 aliphatic heterocycles. The Balaban J connectivity index is 1.97. The largest absolute Gasteiger partial charge is 0.394 e. The van der Waals surface area contributed by atoms with Crippen LogP contribution >= 0.6 is 15.9 Å². The van der Waals surface area contributed by atoms with Crippen molar-refractivity contribution < 1.29 is 5.11 Å². The second-order valence-electron chi connectivity index (χ2n) is 7.09. The van der Waals surface area contributed by atoms with Crippen molar-refractivity contribution in [2.24, 2.45) is 5.92 Å². The van der Waals surface area contributed by atoms with Gasteiger partial charge in [0, 0.05) is 21.8 Å². The van der Waals surface area contributed by atoms with E-state index in [0.29, 0.717) is 11.8 Å². The van der Waals surface area contributed by atoms with Crippen LogP contribution in [-0.4, -0.2) is 27.7 Å². The Morgan fingerprint density at radius 3 is 2.43 bits per heavy atom. The summed E-state index contributed by atoms with van der Waals surface area (Å²) in [5.41, 5.74) is 3.91. The number of aliphatic hydroxyl groups excluding tert-OH is 1. The molecular weight excluding hydrogens is 416 g/mol. The molecule has 0 spiro atoms. The van der Waals surface area contributed by atoms with Crippen molar-refractivity contribution in [1.29, 1.82) is 0 Å². The SMILES string of the molecule is Cc1cc(Nc2cc(-c3ccccc3)nc(N[C@H](CO)C(C)C)n2)ccc1Br. The fourth-order valence-corrected chi connectivity index (χ4v) is 3.04. The number of nitrogens with zero attached hydrogens (tertiary/aromatic N) is 2. The highest BCUT2D eigenvalue weighted by molar-refractivity contribution is 9.10. The molecule has 0 unspecified atom stereocenters. The van der Waals surface area contributed by atoms with Crippen molar-refractivity contribution in [3.63, 3.8) is 0 Å². The second-order valence-corrected chi connectivity index (χ2v) is 7.95. The Morgan fingerprint density at radius 2 is 1.79 bits per heavy atom. The number of aromatic nitrogens is 2. The molecule has 0 aliphatic rings. The summed E-state index contributed by atoms with van der Waals surface area (Å²) in [7, 11) is 0. The first-order chi connectivity index (χ1) is 13.5. The van der Waals surface area contributed by atoms with Crippen LogP contribution in [0.1, 0.15) is 19.4 Å². The molecule has 146 valence electrons. The van der Waals surface area contributed by atoms with Gasteiger partial charge in [-0.2, -0.15) is 4.98 Å². The van der Waals surface area contributed by atoms with Crippen molar-refractivity contribution in [1.82, 2.24) is 9.97 Å². The third-order valence-electron chi connectivity index (χ3n) is 4.54. The number of hydrogen-bond donors (Lipinski definition) is 3. The molecule has 0 saturated heterocycles. The minimum absolute atomic E-state index is 0.0191. The molecule has 6 heteroatoms. The van der Waals surface area contributed by atoms with Crippen LogP contribution in [0.4, 0.5) is 17.5 Å². The van der Waals surface area contributed by atoms with Crippen LogP contribution in [0.15, 0.2) is 59.1 Å². The Bertz CT molecular complexity index is 931. The molecular formula is C22H25BrN4O. The lowest BCUT2D eigenvalue weighted by Crippen LogP contribution is -2.30. The molecule has 0 aliphatic carbocycles. The van der Waals surface area contributed by atoms with E-state index in [1.807, 2.05) is 55.5 Å². The molecule has 1 heterocycles. The van der Waals surface area contributed by atoms with Gasteiger partial charge in [-0.3, -0.25) is 0 Å².